The van der Waals surface area contributed by atoms with Crippen molar-refractivity contribution in [1.82, 2.24) is 5.32 Å². The number of alkyl halides is 3. The maximum atomic E-state index is 12.9. The molecular weight excluding hydrogens is 393 g/mol. The molecule has 0 bridgehead atoms. The van der Waals surface area contributed by atoms with Gasteiger partial charge in [-0.3, -0.25) is 14.5 Å². The zero-order valence-corrected chi connectivity index (χ0v) is 15.3. The molecule has 3 rings (SSSR count). The van der Waals surface area contributed by atoms with Crippen LogP contribution in [0.1, 0.15) is 19.8 Å². The standard InChI is InChI=1S/C16H16ClF3N2O3S/c1-9(7-25-8-16(18,19)20)21-14(24)15-5-4-13(23)22(15)11-6-10(17)2-3-12(11)26-15/h2-3,6,9H,4-5,7-8H2,1H3,(H,21,24)/t9-,15-/m0/s1. The van der Waals surface area contributed by atoms with Crippen molar-refractivity contribution in [3.8, 4) is 0 Å². The predicted octanol–water partition coefficient (Wildman–Crippen LogP) is 3.35. The average Bonchev–Trinajstić information content (AvgIpc) is 3.02. The topological polar surface area (TPSA) is 58.6 Å². The number of hydrogen-bond acceptors (Lipinski definition) is 4. The number of halogens is 4. The van der Waals surface area contributed by atoms with Crippen LogP contribution < -0.4 is 10.2 Å². The highest BCUT2D eigenvalue weighted by Crippen LogP contribution is 2.56. The van der Waals surface area contributed by atoms with E-state index in [0.717, 1.165) is 4.90 Å². The van der Waals surface area contributed by atoms with Gasteiger partial charge in [0, 0.05) is 22.4 Å². The summed E-state index contributed by atoms with van der Waals surface area (Å²) in [5.74, 6) is -0.613. The van der Waals surface area contributed by atoms with Gasteiger partial charge in [-0.05, 0) is 31.5 Å². The van der Waals surface area contributed by atoms with Gasteiger partial charge in [-0.2, -0.15) is 13.2 Å². The summed E-state index contributed by atoms with van der Waals surface area (Å²) in [6.45, 7) is -0.101. The van der Waals surface area contributed by atoms with Crippen LogP contribution in [0.3, 0.4) is 0 Å². The van der Waals surface area contributed by atoms with Crippen LogP contribution in [0.2, 0.25) is 5.02 Å². The molecule has 2 heterocycles. The van der Waals surface area contributed by atoms with E-state index in [9.17, 15) is 22.8 Å². The van der Waals surface area contributed by atoms with E-state index in [4.69, 9.17) is 11.6 Å². The SMILES string of the molecule is C[C@@H](COCC(F)(F)F)NC(=O)[C@@]12CCC(=O)N1c1cc(Cl)ccc1S2. The summed E-state index contributed by atoms with van der Waals surface area (Å²) < 4.78 is 41.0. The second-order valence-electron chi connectivity index (χ2n) is 6.23. The molecule has 5 nitrogen and oxygen atoms in total. The summed E-state index contributed by atoms with van der Waals surface area (Å²) in [6.07, 6.45) is -3.89. The quantitative estimate of drug-likeness (QED) is 0.811. The van der Waals surface area contributed by atoms with Crippen LogP contribution in [-0.2, 0) is 14.3 Å². The zero-order chi connectivity index (χ0) is 19.1. The Kier molecular flexibility index (Phi) is 5.15. The normalized spacial score (nSPS) is 23.0. The third-order valence-corrected chi connectivity index (χ3v) is 5.80. The van der Waals surface area contributed by atoms with E-state index < -0.39 is 29.6 Å². The summed E-state index contributed by atoms with van der Waals surface area (Å²) in [7, 11) is 0. The highest BCUT2D eigenvalue weighted by Gasteiger charge is 2.57. The Bertz CT molecular complexity index is 746. The molecule has 0 aliphatic carbocycles. The Labute approximate surface area is 157 Å². The fourth-order valence-electron chi connectivity index (χ4n) is 3.05. The first-order chi connectivity index (χ1) is 12.1. The molecule has 2 aliphatic heterocycles. The molecule has 0 unspecified atom stereocenters. The number of benzene rings is 1. The Hall–Kier alpha value is -1.45. The van der Waals surface area contributed by atoms with Gasteiger partial charge >= 0.3 is 6.18 Å². The highest BCUT2D eigenvalue weighted by molar-refractivity contribution is 8.02. The van der Waals surface area contributed by atoms with Gasteiger partial charge in [0.25, 0.3) is 5.91 Å². The molecule has 2 atom stereocenters. The molecule has 1 aromatic rings. The minimum atomic E-state index is -4.42. The van der Waals surface area contributed by atoms with E-state index in [1.165, 1.54) is 16.7 Å². The maximum absolute atomic E-state index is 12.9. The molecule has 10 heteroatoms. The van der Waals surface area contributed by atoms with Gasteiger partial charge in [0.1, 0.15) is 6.61 Å². The fourth-order valence-corrected chi connectivity index (χ4v) is 4.62. The summed E-state index contributed by atoms with van der Waals surface area (Å²) in [4.78, 5) is 26.3. The van der Waals surface area contributed by atoms with Crippen molar-refractivity contribution in [2.24, 2.45) is 0 Å². The number of nitrogens with zero attached hydrogens (tertiary/aromatic N) is 1. The number of anilines is 1. The van der Waals surface area contributed by atoms with Crippen LogP contribution in [0.15, 0.2) is 23.1 Å². The minimum Gasteiger partial charge on any atom is -0.370 e. The molecule has 1 saturated heterocycles. The Morgan fingerprint density at radius 3 is 2.92 bits per heavy atom. The van der Waals surface area contributed by atoms with E-state index in [0.29, 0.717) is 17.1 Å². The first-order valence-electron chi connectivity index (χ1n) is 7.89. The van der Waals surface area contributed by atoms with Gasteiger partial charge in [0.05, 0.1) is 12.3 Å². The van der Waals surface area contributed by atoms with Gasteiger partial charge in [0.15, 0.2) is 4.87 Å². The van der Waals surface area contributed by atoms with E-state index in [1.807, 2.05) is 0 Å². The van der Waals surface area contributed by atoms with Gasteiger partial charge < -0.3 is 10.1 Å². The lowest BCUT2D eigenvalue weighted by atomic mass is 10.1. The summed E-state index contributed by atoms with van der Waals surface area (Å²) in [5, 5.41) is 3.11. The van der Waals surface area contributed by atoms with Gasteiger partial charge in [-0.15, -0.1) is 0 Å². The molecule has 0 radical (unpaired) electrons. The van der Waals surface area contributed by atoms with Crippen molar-refractivity contribution < 1.29 is 27.5 Å². The van der Waals surface area contributed by atoms with Crippen LogP contribution in [0.4, 0.5) is 18.9 Å². The van der Waals surface area contributed by atoms with Crippen molar-refractivity contribution in [2.45, 2.75) is 41.7 Å². The largest absolute Gasteiger partial charge is 0.411 e. The molecule has 0 saturated carbocycles. The molecule has 142 valence electrons. The molecule has 2 aliphatic rings. The molecular formula is C16H16ClF3N2O3S. The van der Waals surface area contributed by atoms with Gasteiger partial charge in [-0.25, -0.2) is 0 Å². The summed E-state index contributed by atoms with van der Waals surface area (Å²) in [6, 6.07) is 4.43. The Morgan fingerprint density at radius 1 is 1.50 bits per heavy atom. The molecule has 26 heavy (non-hydrogen) atoms. The van der Waals surface area contributed by atoms with Crippen LogP contribution >= 0.6 is 23.4 Å². The maximum Gasteiger partial charge on any atom is 0.411 e. The van der Waals surface area contributed by atoms with Gasteiger partial charge in [0.2, 0.25) is 5.91 Å². The summed E-state index contributed by atoms with van der Waals surface area (Å²) in [5.41, 5.74) is 0.584. The molecule has 2 amide bonds. The third-order valence-electron chi connectivity index (χ3n) is 4.09. The average molecular weight is 409 g/mol. The van der Waals surface area contributed by atoms with Crippen LogP contribution in [-0.4, -0.2) is 42.1 Å². The number of fused-ring (bicyclic) bond motifs is 3. The van der Waals surface area contributed by atoms with E-state index >= 15 is 0 Å². The second-order valence-corrected chi connectivity index (χ2v) is 7.99. The van der Waals surface area contributed by atoms with Crippen LogP contribution in [0, 0.1) is 0 Å². The van der Waals surface area contributed by atoms with E-state index in [-0.39, 0.29) is 18.9 Å². The third kappa shape index (κ3) is 3.65. The zero-order valence-electron chi connectivity index (χ0n) is 13.7. The lowest BCUT2D eigenvalue weighted by molar-refractivity contribution is -0.175. The van der Waals surface area contributed by atoms with E-state index in [2.05, 4.69) is 10.1 Å². The van der Waals surface area contributed by atoms with Crippen molar-refractivity contribution >= 4 is 40.9 Å². The van der Waals surface area contributed by atoms with Crippen molar-refractivity contribution in [1.29, 1.82) is 0 Å². The minimum absolute atomic E-state index is 0.186. The lowest BCUT2D eigenvalue weighted by Gasteiger charge is -2.31. The first-order valence-corrected chi connectivity index (χ1v) is 9.09. The number of rotatable bonds is 5. The predicted molar refractivity (Wildman–Crippen MR) is 91.2 cm³/mol. The summed E-state index contributed by atoms with van der Waals surface area (Å²) >= 11 is 7.27. The lowest BCUT2D eigenvalue weighted by Crippen LogP contribution is -2.54. The molecule has 1 aromatic carbocycles. The number of amides is 2. The molecule has 1 N–H and O–H groups in total. The number of hydrogen-bond donors (Lipinski definition) is 1. The Balaban J connectivity index is 1.71. The van der Waals surface area contributed by atoms with E-state index in [1.54, 1.807) is 25.1 Å². The number of ether oxygens (including phenoxy) is 1. The van der Waals surface area contributed by atoms with Crippen molar-refractivity contribution in [2.75, 3.05) is 18.1 Å². The number of carbonyl (C=O) groups is 2. The van der Waals surface area contributed by atoms with Crippen LogP contribution in [0.25, 0.3) is 0 Å². The fraction of sp³-hybridized carbons (Fsp3) is 0.500. The number of carbonyl (C=O) groups excluding carboxylic acids is 2. The molecule has 0 aromatic heterocycles. The van der Waals surface area contributed by atoms with Gasteiger partial charge in [-0.1, -0.05) is 23.4 Å². The Morgan fingerprint density at radius 2 is 2.23 bits per heavy atom. The number of nitrogens with one attached hydrogen (secondary N) is 1. The van der Waals surface area contributed by atoms with Crippen molar-refractivity contribution in [3.63, 3.8) is 0 Å². The molecule has 1 fully saturated rings. The van der Waals surface area contributed by atoms with Crippen molar-refractivity contribution in [3.05, 3.63) is 23.2 Å². The first kappa shape index (κ1) is 19.3. The number of thioether (sulfide) groups is 1. The molecule has 0 spiro atoms. The van der Waals surface area contributed by atoms with Crippen LogP contribution in [0.5, 0.6) is 0 Å². The smallest absolute Gasteiger partial charge is 0.370 e. The highest BCUT2D eigenvalue weighted by atomic mass is 35.5. The monoisotopic (exact) mass is 408 g/mol. The second kappa shape index (κ2) is 6.94.